The molecular formula is C8H3N11O10. The Labute approximate surface area is 153 Å². The van der Waals surface area contributed by atoms with Crippen LogP contribution >= 0.6 is 0 Å². The second kappa shape index (κ2) is 6.97. The van der Waals surface area contributed by atoms with Crippen LogP contribution in [-0.4, -0.2) is 55.4 Å². The number of aromatic nitrogens is 7. The van der Waals surface area contributed by atoms with E-state index in [1.165, 1.54) is 0 Å². The van der Waals surface area contributed by atoms with E-state index in [4.69, 9.17) is 0 Å². The molecule has 1 N–H and O–H groups in total. The van der Waals surface area contributed by atoms with Gasteiger partial charge in [-0.3, -0.25) is 40.5 Å². The first-order valence-electron chi connectivity index (χ1n) is 6.83. The number of hydrogen-bond acceptors (Lipinski definition) is 16. The number of H-pyrrole nitrogens is 1. The van der Waals surface area contributed by atoms with Crippen molar-refractivity contribution in [2.75, 3.05) is 0 Å². The van der Waals surface area contributed by atoms with Gasteiger partial charge in [-0.1, -0.05) is 10.3 Å². The lowest BCUT2D eigenvalue weighted by atomic mass is 10.3. The molecule has 0 radical (unpaired) electrons. The summed E-state index contributed by atoms with van der Waals surface area (Å²) in [7, 11) is 0. The summed E-state index contributed by atoms with van der Waals surface area (Å²) in [5, 5.41) is 58.9. The Morgan fingerprint density at radius 3 is 1.34 bits per heavy atom. The highest BCUT2D eigenvalue weighted by Crippen LogP contribution is 2.27. The molecule has 0 saturated carbocycles. The number of rotatable bonds is 8. The van der Waals surface area contributed by atoms with E-state index in [1.54, 1.807) is 0 Å². The van der Waals surface area contributed by atoms with Gasteiger partial charge < -0.3 is 9.05 Å². The van der Waals surface area contributed by atoms with Gasteiger partial charge in [0.15, 0.2) is 11.4 Å². The van der Waals surface area contributed by atoms with Crippen molar-refractivity contribution in [3.05, 3.63) is 52.2 Å². The maximum Gasteiger partial charge on any atom is 0.527 e. The molecule has 0 bridgehead atoms. The Morgan fingerprint density at radius 2 is 1.03 bits per heavy atom. The molecule has 150 valence electrons. The molecule has 0 fully saturated rings. The fourth-order valence-corrected chi connectivity index (χ4v) is 1.93. The molecule has 21 heteroatoms. The molecule has 0 amide bonds. The van der Waals surface area contributed by atoms with Gasteiger partial charge >= 0.3 is 24.1 Å². The topological polar surface area (TPSA) is 292 Å². The Balaban J connectivity index is 1.98. The summed E-state index contributed by atoms with van der Waals surface area (Å²) in [4.78, 5) is 44.9. The highest BCUT2D eigenvalue weighted by molar-refractivity contribution is 5.68. The van der Waals surface area contributed by atoms with Crippen molar-refractivity contribution in [3.63, 3.8) is 0 Å². The van der Waals surface area contributed by atoms with Crippen LogP contribution in [-0.2, 0) is 0 Å². The van der Waals surface area contributed by atoms with Crippen LogP contribution in [0, 0.1) is 40.5 Å². The van der Waals surface area contributed by atoms with Crippen molar-refractivity contribution in [2.45, 2.75) is 12.3 Å². The summed E-state index contributed by atoms with van der Waals surface area (Å²) in [5.74, 6) is -2.97. The molecule has 3 heterocycles. The molecule has 0 unspecified atom stereocenters. The predicted molar refractivity (Wildman–Crippen MR) is 76.4 cm³/mol. The third-order valence-corrected chi connectivity index (χ3v) is 3.10. The molecule has 29 heavy (non-hydrogen) atoms. The monoisotopic (exact) mass is 413 g/mol. The van der Waals surface area contributed by atoms with Crippen molar-refractivity contribution in [2.24, 2.45) is 0 Å². The fraction of sp³-hybridized carbons (Fsp3) is 0.250. The summed E-state index contributed by atoms with van der Waals surface area (Å²) in [6.45, 7) is 0. The van der Waals surface area contributed by atoms with E-state index in [0.29, 0.717) is 0 Å². The number of nitrogens with one attached hydrogen (secondary N) is 1. The SMILES string of the molecule is O=[N+]([O-])C(c1nc(-c2n[nH]nc2-c2noc(C([N+](=O)[O-])[N+](=O)[O-])n2)no1)[N+](=O)[O-]. The van der Waals surface area contributed by atoms with Gasteiger partial charge in [0, 0.05) is 0 Å². The van der Waals surface area contributed by atoms with Gasteiger partial charge in [-0.25, -0.2) is 0 Å². The average molecular weight is 413 g/mol. The lowest BCUT2D eigenvalue weighted by Crippen LogP contribution is -2.20. The zero-order chi connectivity index (χ0) is 21.3. The maximum atomic E-state index is 10.8. The number of nitrogens with zero attached hydrogens (tertiary/aromatic N) is 10. The Morgan fingerprint density at radius 1 is 0.690 bits per heavy atom. The second-order valence-corrected chi connectivity index (χ2v) is 4.82. The Hall–Kier alpha value is -4.98. The van der Waals surface area contributed by atoms with Crippen LogP contribution in [0.1, 0.15) is 24.1 Å². The quantitative estimate of drug-likeness (QED) is 0.263. The Kier molecular flexibility index (Phi) is 4.52. The maximum absolute atomic E-state index is 10.8. The minimum Gasteiger partial charge on any atom is -0.323 e. The first-order chi connectivity index (χ1) is 13.7. The lowest BCUT2D eigenvalue weighted by Gasteiger charge is -1.94. The van der Waals surface area contributed by atoms with Crippen molar-refractivity contribution in [1.82, 2.24) is 35.7 Å². The standard InChI is InChI=1S/C8H3N11O10/c20-16(21)7(17(22)23)5-9-3(13-28-5)1-2(12-15-11-1)4-10-6(29-14-4)8(18(24)25)19(26)27/h7-8H,(H,11,12,15). The molecular weight excluding hydrogens is 410 g/mol. The molecule has 3 rings (SSSR count). The van der Waals surface area contributed by atoms with Crippen LogP contribution in [0.2, 0.25) is 0 Å². The molecule has 0 atom stereocenters. The lowest BCUT2D eigenvalue weighted by molar-refractivity contribution is -0.756. The second-order valence-electron chi connectivity index (χ2n) is 4.82. The van der Waals surface area contributed by atoms with Gasteiger partial charge in [0.25, 0.3) is 0 Å². The van der Waals surface area contributed by atoms with Gasteiger partial charge in [-0.2, -0.15) is 25.4 Å². The van der Waals surface area contributed by atoms with Gasteiger partial charge in [0.1, 0.15) is 19.7 Å². The molecule has 0 aliphatic rings. The first-order valence-corrected chi connectivity index (χ1v) is 6.83. The third kappa shape index (κ3) is 3.36. The molecule has 21 nitrogen and oxygen atoms in total. The summed E-state index contributed by atoms with van der Waals surface area (Å²) < 4.78 is 9.00. The van der Waals surface area contributed by atoms with E-state index in [-0.39, 0.29) is 11.4 Å². The van der Waals surface area contributed by atoms with E-state index >= 15 is 0 Å². The highest BCUT2D eigenvalue weighted by atomic mass is 16.7. The molecule has 0 aromatic carbocycles. The van der Waals surface area contributed by atoms with E-state index in [9.17, 15) is 40.5 Å². The van der Waals surface area contributed by atoms with Crippen molar-refractivity contribution in [1.29, 1.82) is 0 Å². The number of hydrogen-bond donors (Lipinski definition) is 1. The summed E-state index contributed by atoms with van der Waals surface area (Å²) in [6.07, 6.45) is -5.08. The first kappa shape index (κ1) is 18.8. The van der Waals surface area contributed by atoms with Crippen LogP contribution < -0.4 is 0 Å². The smallest absolute Gasteiger partial charge is 0.323 e. The van der Waals surface area contributed by atoms with E-state index in [1.807, 2.05) is 0 Å². The van der Waals surface area contributed by atoms with Crippen LogP contribution in [0.3, 0.4) is 0 Å². The van der Waals surface area contributed by atoms with Crippen molar-refractivity contribution in [3.8, 4) is 23.0 Å². The van der Waals surface area contributed by atoms with Gasteiger partial charge in [0.05, 0.1) is 0 Å². The van der Waals surface area contributed by atoms with Gasteiger partial charge in [-0.05, 0) is 0 Å². The summed E-state index contributed by atoms with van der Waals surface area (Å²) >= 11 is 0. The van der Waals surface area contributed by atoms with Crippen molar-refractivity contribution >= 4 is 0 Å². The van der Waals surface area contributed by atoms with E-state index < -0.39 is 55.5 Å². The molecule has 0 aliphatic heterocycles. The van der Waals surface area contributed by atoms with Gasteiger partial charge in [-0.15, -0.1) is 0 Å². The van der Waals surface area contributed by atoms with Gasteiger partial charge in [0.2, 0.25) is 11.6 Å². The highest BCUT2D eigenvalue weighted by Gasteiger charge is 2.43. The van der Waals surface area contributed by atoms with Crippen molar-refractivity contribution < 1.29 is 28.7 Å². The summed E-state index contributed by atoms with van der Waals surface area (Å²) in [5.41, 5.74) is -0.673. The third-order valence-electron chi connectivity index (χ3n) is 3.10. The zero-order valence-electron chi connectivity index (χ0n) is 13.2. The largest absolute Gasteiger partial charge is 0.527 e. The van der Waals surface area contributed by atoms with E-state index in [0.717, 1.165) is 0 Å². The molecule has 0 saturated heterocycles. The molecule has 3 aromatic rings. The average Bonchev–Trinajstić information content (AvgIpc) is 3.32. The van der Waals surface area contributed by atoms with Crippen LogP contribution in [0.25, 0.3) is 23.0 Å². The number of aromatic amines is 1. The molecule has 3 aromatic heterocycles. The minimum absolute atomic E-state index is 0.337. The normalized spacial score (nSPS) is 11.1. The van der Waals surface area contributed by atoms with Crippen LogP contribution in [0.4, 0.5) is 0 Å². The Bertz CT molecular complexity index is 1000. The zero-order valence-corrected chi connectivity index (χ0v) is 13.2. The molecule has 0 spiro atoms. The summed E-state index contributed by atoms with van der Waals surface area (Å²) in [6, 6.07) is 0. The predicted octanol–water partition coefficient (Wildman–Crippen LogP) is -0.991. The van der Waals surface area contributed by atoms with Crippen LogP contribution in [0.15, 0.2) is 9.05 Å². The van der Waals surface area contributed by atoms with Crippen LogP contribution in [0.5, 0.6) is 0 Å². The number of nitro groups is 4. The molecule has 0 aliphatic carbocycles. The minimum atomic E-state index is -2.54. The van der Waals surface area contributed by atoms with E-state index in [2.05, 4.69) is 44.7 Å². The fourth-order valence-electron chi connectivity index (χ4n) is 1.93.